The van der Waals surface area contributed by atoms with E-state index in [9.17, 15) is 23.1 Å². The van der Waals surface area contributed by atoms with Crippen molar-refractivity contribution < 1.29 is 23.1 Å². The minimum absolute atomic E-state index is 0.103. The number of carboxylic acid groups (broad SMARTS) is 1. The third-order valence-corrected chi connectivity index (χ3v) is 9.09. The Kier molecular flexibility index (Phi) is 8.68. The molecule has 0 radical (unpaired) electrons. The van der Waals surface area contributed by atoms with Crippen molar-refractivity contribution in [3.05, 3.63) is 94.3 Å². The van der Waals surface area contributed by atoms with Gasteiger partial charge in [0.2, 0.25) is 0 Å². The van der Waals surface area contributed by atoms with E-state index in [-0.39, 0.29) is 11.5 Å². The molecule has 1 fully saturated rings. The molecule has 1 N–H and O–H groups in total. The first-order valence-corrected chi connectivity index (χ1v) is 15.7. The Bertz CT molecular complexity index is 1690. The van der Waals surface area contributed by atoms with Gasteiger partial charge in [-0.25, -0.2) is 14.5 Å². The van der Waals surface area contributed by atoms with Crippen LogP contribution in [0.2, 0.25) is 0 Å². The molecule has 0 amide bonds. The predicted molar refractivity (Wildman–Crippen MR) is 168 cm³/mol. The van der Waals surface area contributed by atoms with Crippen LogP contribution < -0.4 is 4.90 Å². The van der Waals surface area contributed by atoms with Crippen LogP contribution in [-0.2, 0) is 25.8 Å². The van der Waals surface area contributed by atoms with Gasteiger partial charge in [-0.2, -0.15) is 18.3 Å². The lowest BCUT2D eigenvalue weighted by atomic mass is 9.85. The highest BCUT2D eigenvalue weighted by Crippen LogP contribution is 2.40. The van der Waals surface area contributed by atoms with Gasteiger partial charge in [0.05, 0.1) is 24.0 Å². The van der Waals surface area contributed by atoms with E-state index in [1.807, 2.05) is 18.2 Å². The molecule has 0 atom stereocenters. The average Bonchev–Trinajstić information content (AvgIpc) is 3.69. The normalized spacial score (nSPS) is 15.9. The Morgan fingerprint density at radius 2 is 1.80 bits per heavy atom. The molecule has 0 spiro atoms. The quantitative estimate of drug-likeness (QED) is 0.217. The number of benzene rings is 2. The molecule has 2 aliphatic rings. The largest absolute Gasteiger partial charge is 0.478 e. The molecule has 0 unspecified atom stereocenters. The summed E-state index contributed by atoms with van der Waals surface area (Å²) < 4.78 is 40.1. The number of aromatic nitrogens is 3. The second kappa shape index (κ2) is 12.7. The van der Waals surface area contributed by atoms with Gasteiger partial charge in [-0.15, -0.1) is 0 Å². The third kappa shape index (κ3) is 6.76. The van der Waals surface area contributed by atoms with Crippen LogP contribution in [0, 0.1) is 0 Å². The predicted octanol–water partition coefficient (Wildman–Crippen LogP) is 7.06. The van der Waals surface area contributed by atoms with Crippen LogP contribution in [0.15, 0.2) is 60.9 Å². The number of rotatable bonds is 9. The van der Waals surface area contributed by atoms with E-state index in [2.05, 4.69) is 54.2 Å². The number of fused-ring (bicyclic) bond motifs is 1. The first-order chi connectivity index (χ1) is 21.6. The zero-order chi connectivity index (χ0) is 31.7. The molecule has 2 aromatic carbocycles. The number of hydrogen-bond donors (Lipinski definition) is 1. The maximum atomic E-state index is 12.9. The molecule has 7 nitrogen and oxygen atoms in total. The van der Waals surface area contributed by atoms with E-state index in [4.69, 9.17) is 4.98 Å². The topological polar surface area (TPSA) is 74.5 Å². The Hall–Kier alpha value is -4.18. The van der Waals surface area contributed by atoms with Crippen LogP contribution >= 0.6 is 0 Å². The first-order valence-electron chi connectivity index (χ1n) is 15.7. The van der Waals surface area contributed by atoms with Crippen LogP contribution in [-0.4, -0.2) is 63.1 Å². The second-order valence-corrected chi connectivity index (χ2v) is 12.1. The van der Waals surface area contributed by atoms with Gasteiger partial charge < -0.3 is 10.0 Å². The number of alkyl halides is 3. The summed E-state index contributed by atoms with van der Waals surface area (Å²) in [6.45, 7) is 6.03. The van der Waals surface area contributed by atoms with Crippen molar-refractivity contribution in [3.63, 3.8) is 0 Å². The van der Waals surface area contributed by atoms with Crippen molar-refractivity contribution in [1.29, 1.82) is 0 Å². The van der Waals surface area contributed by atoms with E-state index in [1.54, 1.807) is 0 Å². The molecule has 1 saturated heterocycles. The summed E-state index contributed by atoms with van der Waals surface area (Å²) in [7, 11) is 0. The van der Waals surface area contributed by atoms with Gasteiger partial charge in [-0.05, 0) is 97.1 Å². The van der Waals surface area contributed by atoms with Crippen molar-refractivity contribution in [3.8, 4) is 17.1 Å². The van der Waals surface area contributed by atoms with Crippen molar-refractivity contribution in [2.24, 2.45) is 0 Å². The fraction of sp³-hybridized carbons (Fsp3) is 0.400. The minimum Gasteiger partial charge on any atom is -0.478 e. The molecule has 0 aliphatic carbocycles. The van der Waals surface area contributed by atoms with Gasteiger partial charge in [0, 0.05) is 30.5 Å². The highest BCUT2D eigenvalue weighted by atomic mass is 19.4. The number of carboxylic acids is 1. The van der Waals surface area contributed by atoms with Gasteiger partial charge in [-0.1, -0.05) is 44.2 Å². The molecule has 6 rings (SSSR count). The summed E-state index contributed by atoms with van der Waals surface area (Å²) in [6.07, 6.45) is 2.83. The maximum Gasteiger partial charge on any atom is 0.401 e. The average molecular weight is 618 g/mol. The van der Waals surface area contributed by atoms with E-state index in [0.717, 1.165) is 56.5 Å². The summed E-state index contributed by atoms with van der Waals surface area (Å²) in [5.41, 5.74) is 9.42. The molecule has 236 valence electrons. The number of piperidine rings is 1. The number of aromatic carboxylic acids is 1. The monoisotopic (exact) mass is 617 g/mol. The number of likely N-dealkylation sites (tertiary alicyclic amines) is 1. The molecule has 2 aliphatic heterocycles. The lowest BCUT2D eigenvalue weighted by Crippen LogP contribution is -2.39. The highest BCUT2D eigenvalue weighted by Gasteiger charge is 2.33. The van der Waals surface area contributed by atoms with Crippen molar-refractivity contribution in [2.45, 2.75) is 64.6 Å². The van der Waals surface area contributed by atoms with Crippen LogP contribution in [0.3, 0.4) is 0 Å². The van der Waals surface area contributed by atoms with E-state index < -0.39 is 18.7 Å². The van der Waals surface area contributed by atoms with Gasteiger partial charge in [0.25, 0.3) is 0 Å². The lowest BCUT2D eigenvalue weighted by molar-refractivity contribution is -0.147. The number of halogens is 3. The Balaban J connectivity index is 1.25. The molecule has 45 heavy (non-hydrogen) atoms. The fourth-order valence-corrected chi connectivity index (χ4v) is 6.85. The third-order valence-electron chi connectivity index (χ3n) is 9.09. The van der Waals surface area contributed by atoms with Gasteiger partial charge >= 0.3 is 12.1 Å². The van der Waals surface area contributed by atoms with Gasteiger partial charge in [0.15, 0.2) is 5.82 Å². The lowest BCUT2D eigenvalue weighted by Gasteiger charge is -2.33. The number of anilines is 1. The van der Waals surface area contributed by atoms with Crippen LogP contribution in [0.1, 0.15) is 70.8 Å². The molecular weight excluding hydrogens is 579 g/mol. The molecule has 4 heterocycles. The van der Waals surface area contributed by atoms with E-state index >= 15 is 0 Å². The molecular formula is C35H38F3N5O2. The van der Waals surface area contributed by atoms with Crippen molar-refractivity contribution >= 4 is 11.7 Å². The standard InChI is InChI=1S/C35H38F3N5O2/c1-3-23-16-27-12-15-42(33(27)30(18-23)31-6-5-7-32(40-31)43-21-28(19-39-43)34(44)45)20-24-8-9-29(25(4-2)17-24)26-10-13-41(14-11-26)22-35(36,37)38/h5-9,16-19,21,26H,3-4,10-15,20,22H2,1-2H3,(H,44,45). The van der Waals surface area contributed by atoms with Crippen LogP contribution in [0.4, 0.5) is 18.9 Å². The van der Waals surface area contributed by atoms with Crippen LogP contribution in [0.5, 0.6) is 0 Å². The highest BCUT2D eigenvalue weighted by molar-refractivity contribution is 5.87. The number of carbonyl (C=O) groups is 1. The number of nitrogens with zero attached hydrogens (tertiary/aromatic N) is 5. The van der Waals surface area contributed by atoms with Crippen molar-refractivity contribution in [1.82, 2.24) is 19.7 Å². The molecule has 4 aromatic rings. The number of hydrogen-bond acceptors (Lipinski definition) is 5. The Morgan fingerprint density at radius 1 is 1.00 bits per heavy atom. The summed E-state index contributed by atoms with van der Waals surface area (Å²) in [6, 6.07) is 16.9. The molecule has 10 heteroatoms. The maximum absolute atomic E-state index is 12.9. The Labute approximate surface area is 261 Å². The number of pyridine rings is 1. The van der Waals surface area contributed by atoms with Crippen molar-refractivity contribution in [2.75, 3.05) is 31.1 Å². The number of aryl methyl sites for hydroxylation is 2. The summed E-state index contributed by atoms with van der Waals surface area (Å²) in [5, 5.41) is 13.5. The second-order valence-electron chi connectivity index (χ2n) is 12.1. The van der Waals surface area contributed by atoms with Crippen LogP contribution in [0.25, 0.3) is 17.1 Å². The SMILES string of the molecule is CCc1cc2c(c(-c3cccc(-n4cc(C(=O)O)cn4)n3)c1)N(Cc1ccc(C3CCN(CC(F)(F)F)CC3)c(CC)c1)CC2. The summed E-state index contributed by atoms with van der Waals surface area (Å²) in [4.78, 5) is 20.2. The Morgan fingerprint density at radius 3 is 2.49 bits per heavy atom. The minimum atomic E-state index is -4.15. The zero-order valence-corrected chi connectivity index (χ0v) is 25.6. The molecule has 0 saturated carbocycles. The molecule has 2 aromatic heterocycles. The first kappa shape index (κ1) is 30.8. The van der Waals surface area contributed by atoms with Gasteiger partial charge in [0.1, 0.15) is 0 Å². The smallest absolute Gasteiger partial charge is 0.401 e. The zero-order valence-electron chi connectivity index (χ0n) is 25.6. The molecule has 0 bridgehead atoms. The van der Waals surface area contributed by atoms with E-state index in [1.165, 1.54) is 55.5 Å². The fourth-order valence-electron chi connectivity index (χ4n) is 6.85. The summed E-state index contributed by atoms with van der Waals surface area (Å²) >= 11 is 0. The van der Waals surface area contributed by atoms with Gasteiger partial charge in [-0.3, -0.25) is 4.90 Å². The summed E-state index contributed by atoms with van der Waals surface area (Å²) in [5.74, 6) is -0.204. The van der Waals surface area contributed by atoms with E-state index in [0.29, 0.717) is 18.9 Å².